The lowest BCUT2D eigenvalue weighted by atomic mass is 10.4. The molecule has 0 aliphatic carbocycles. The van der Waals surface area contributed by atoms with Gasteiger partial charge in [-0.2, -0.15) is 0 Å². The molecule has 1 rings (SSSR count). The van der Waals surface area contributed by atoms with Gasteiger partial charge in [-0.1, -0.05) is 6.42 Å². The normalized spacial score (nSPS) is 33.5. The van der Waals surface area contributed by atoms with Crippen molar-refractivity contribution in [1.82, 2.24) is 0 Å². The van der Waals surface area contributed by atoms with Crippen molar-refractivity contribution in [3.8, 4) is 0 Å². The zero-order chi connectivity index (χ0) is 18.9. The van der Waals surface area contributed by atoms with Gasteiger partial charge in [0.15, 0.2) is 9.04 Å². The Morgan fingerprint density at radius 1 is 0.960 bits per heavy atom. The average molecular weight is 445 g/mol. The predicted octanol–water partition coefficient (Wildman–Crippen LogP) is 1.85. The molecule has 1 saturated heterocycles. The van der Waals surface area contributed by atoms with Crippen LogP contribution in [-0.2, 0) is 30.0 Å². The molecule has 0 spiro atoms. The summed E-state index contributed by atoms with van der Waals surface area (Å²) >= 11 is 0. The lowest BCUT2D eigenvalue weighted by Gasteiger charge is -2.34. The van der Waals surface area contributed by atoms with Crippen LogP contribution in [0.5, 0.6) is 0 Å². The van der Waals surface area contributed by atoms with E-state index in [-0.39, 0.29) is 0 Å². The molecule has 25 heavy (non-hydrogen) atoms. The van der Waals surface area contributed by atoms with Crippen molar-refractivity contribution < 1.29 is 30.0 Å². The van der Waals surface area contributed by atoms with Crippen LogP contribution >= 0.6 is 0 Å². The van der Waals surface area contributed by atoms with Crippen molar-refractivity contribution >= 4 is 45.0 Å². The molecule has 0 bridgehead atoms. The Kier molecular flexibility index (Phi) is 11.1. The van der Waals surface area contributed by atoms with Gasteiger partial charge in [0, 0.05) is 34.0 Å². The highest BCUT2D eigenvalue weighted by Crippen LogP contribution is 2.25. The third-order valence-corrected chi connectivity index (χ3v) is 20.7. The van der Waals surface area contributed by atoms with E-state index in [9.17, 15) is 0 Å². The first-order valence-corrected chi connectivity index (χ1v) is 20.2. The van der Waals surface area contributed by atoms with Crippen LogP contribution in [0.15, 0.2) is 0 Å². The Morgan fingerprint density at radius 3 is 2.20 bits per heavy atom. The van der Waals surface area contributed by atoms with Gasteiger partial charge < -0.3 is 30.0 Å². The maximum absolute atomic E-state index is 6.40. The van der Waals surface area contributed by atoms with Gasteiger partial charge in [-0.05, 0) is 44.7 Å². The highest BCUT2D eigenvalue weighted by molar-refractivity contribution is 6.76. The average Bonchev–Trinajstić information content (AvgIpc) is 2.55. The first-order chi connectivity index (χ1) is 11.8. The zero-order valence-electron chi connectivity index (χ0n) is 16.8. The fourth-order valence-electron chi connectivity index (χ4n) is 3.00. The summed E-state index contributed by atoms with van der Waals surface area (Å²) in [7, 11) is -4.56. The molecular weight excluding hydrogens is 409 g/mol. The summed E-state index contributed by atoms with van der Waals surface area (Å²) in [6.07, 6.45) is 2.21. The molecular formula is C13H36O7Si5. The summed E-state index contributed by atoms with van der Waals surface area (Å²) < 4.78 is 41.6. The predicted molar refractivity (Wildman–Crippen MR) is 110 cm³/mol. The van der Waals surface area contributed by atoms with Crippen LogP contribution < -0.4 is 0 Å². The van der Waals surface area contributed by atoms with Crippen LogP contribution in [0.25, 0.3) is 0 Å². The molecule has 12 heteroatoms. The van der Waals surface area contributed by atoms with Crippen molar-refractivity contribution in [3.63, 3.8) is 0 Å². The van der Waals surface area contributed by atoms with Gasteiger partial charge in [-0.15, -0.1) is 0 Å². The fraction of sp³-hybridized carbons (Fsp3) is 1.00. The number of rotatable bonds is 6. The van der Waals surface area contributed by atoms with E-state index in [2.05, 4.69) is 26.2 Å². The summed E-state index contributed by atoms with van der Waals surface area (Å²) in [5.41, 5.74) is 0. The first-order valence-electron chi connectivity index (χ1n) is 9.06. The molecule has 0 amide bonds. The van der Waals surface area contributed by atoms with E-state index in [0.717, 1.165) is 25.5 Å². The summed E-state index contributed by atoms with van der Waals surface area (Å²) in [5.74, 6) is 0. The van der Waals surface area contributed by atoms with Crippen molar-refractivity contribution in [3.05, 3.63) is 0 Å². The van der Waals surface area contributed by atoms with Crippen molar-refractivity contribution in [2.45, 2.75) is 57.2 Å². The van der Waals surface area contributed by atoms with Crippen LogP contribution in [0.1, 0.15) is 12.8 Å². The SMILES string of the molecule is CO[Si](CC[Si]1(C)OCCCC[SiH](C)O[SiH](C)O[SiH](C)O1)(OC)OC. The van der Waals surface area contributed by atoms with E-state index in [4.69, 9.17) is 30.0 Å². The molecule has 0 aromatic rings. The second-order valence-electron chi connectivity index (χ2n) is 6.61. The minimum absolute atomic E-state index is 0.688. The lowest BCUT2D eigenvalue weighted by Crippen LogP contribution is -2.50. The molecule has 0 N–H and O–H groups in total. The molecule has 4 unspecified atom stereocenters. The van der Waals surface area contributed by atoms with Gasteiger partial charge in [-0.25, -0.2) is 0 Å². The fourth-order valence-corrected chi connectivity index (χ4v) is 19.2. The summed E-state index contributed by atoms with van der Waals surface area (Å²) in [6.45, 7) is 9.30. The van der Waals surface area contributed by atoms with E-state index >= 15 is 0 Å². The minimum Gasteiger partial charge on any atom is -0.441 e. The monoisotopic (exact) mass is 444 g/mol. The Balaban J connectivity index is 2.75. The van der Waals surface area contributed by atoms with Crippen molar-refractivity contribution in [2.75, 3.05) is 27.9 Å². The number of hydrogen-bond donors (Lipinski definition) is 0. The van der Waals surface area contributed by atoms with Crippen molar-refractivity contribution in [1.29, 1.82) is 0 Å². The second-order valence-corrected chi connectivity index (χ2v) is 20.3. The third-order valence-electron chi connectivity index (χ3n) is 4.45. The minimum atomic E-state index is -2.62. The van der Waals surface area contributed by atoms with E-state index in [1.54, 1.807) is 21.3 Å². The van der Waals surface area contributed by atoms with Crippen LogP contribution in [0, 0.1) is 0 Å². The first kappa shape index (κ1) is 23.8. The largest absolute Gasteiger partial charge is 0.500 e. The molecule has 0 saturated carbocycles. The van der Waals surface area contributed by atoms with Gasteiger partial charge in [0.2, 0.25) is 0 Å². The Labute approximate surface area is 160 Å². The molecule has 4 atom stereocenters. The van der Waals surface area contributed by atoms with E-state index in [1.807, 2.05) is 0 Å². The molecule has 1 fully saturated rings. The van der Waals surface area contributed by atoms with Crippen molar-refractivity contribution in [2.24, 2.45) is 0 Å². The second kappa shape index (κ2) is 11.6. The van der Waals surface area contributed by atoms with E-state index in [0.29, 0.717) is 6.04 Å². The molecule has 0 aromatic heterocycles. The molecule has 0 radical (unpaired) electrons. The lowest BCUT2D eigenvalue weighted by molar-refractivity contribution is 0.123. The van der Waals surface area contributed by atoms with Gasteiger partial charge in [0.05, 0.1) is 0 Å². The van der Waals surface area contributed by atoms with E-state index < -0.39 is 45.0 Å². The Morgan fingerprint density at radius 2 is 1.60 bits per heavy atom. The van der Waals surface area contributed by atoms with Crippen LogP contribution in [0.3, 0.4) is 0 Å². The highest BCUT2D eigenvalue weighted by Gasteiger charge is 2.44. The zero-order valence-corrected chi connectivity index (χ0v) is 22.3. The Hall–Kier alpha value is 0.804. The van der Waals surface area contributed by atoms with Gasteiger partial charge in [0.1, 0.15) is 0 Å². The Bertz CT molecular complexity index is 368. The van der Waals surface area contributed by atoms with Gasteiger partial charge in [0.25, 0.3) is 18.6 Å². The topological polar surface area (TPSA) is 64.6 Å². The molecule has 1 heterocycles. The van der Waals surface area contributed by atoms with E-state index in [1.165, 1.54) is 6.04 Å². The third kappa shape index (κ3) is 8.57. The molecule has 1 aliphatic heterocycles. The van der Waals surface area contributed by atoms with Crippen LogP contribution in [-0.4, -0.2) is 72.9 Å². The van der Waals surface area contributed by atoms with Gasteiger partial charge in [-0.3, -0.25) is 0 Å². The summed E-state index contributed by atoms with van der Waals surface area (Å²) in [6, 6.07) is 2.65. The molecule has 1 aliphatic rings. The standard InChI is InChI=1S/C13H36O7Si5/c1-14-25(15-2,16-3)13-12-24(7)17-10-8-9-11-21(4)18-22(5)19-23(6)20-24/h21-23H,8-13H2,1-7H3. The maximum Gasteiger partial charge on any atom is 0.500 e. The molecule has 0 aromatic carbocycles. The quantitative estimate of drug-likeness (QED) is 0.579. The van der Waals surface area contributed by atoms with Crippen LogP contribution in [0.4, 0.5) is 0 Å². The summed E-state index contributed by atoms with van der Waals surface area (Å²) in [5, 5.41) is 0. The van der Waals surface area contributed by atoms with Gasteiger partial charge >= 0.3 is 17.4 Å². The van der Waals surface area contributed by atoms with Crippen LogP contribution in [0.2, 0.25) is 44.3 Å². The molecule has 150 valence electrons. The highest BCUT2D eigenvalue weighted by atomic mass is 28.5. The number of hydrogen-bond acceptors (Lipinski definition) is 7. The summed E-state index contributed by atoms with van der Waals surface area (Å²) in [4.78, 5) is 0. The molecule has 7 nitrogen and oxygen atoms in total. The maximum atomic E-state index is 6.40. The smallest absolute Gasteiger partial charge is 0.441 e.